The highest BCUT2D eigenvalue weighted by Gasteiger charge is 2.62. The molecular formula is C32H56N2O8. The van der Waals surface area contributed by atoms with Crippen LogP contribution in [0.5, 0.6) is 0 Å². The number of hydrogen-bond acceptors (Lipinski definition) is 8. The van der Waals surface area contributed by atoms with Gasteiger partial charge in [-0.3, -0.25) is 19.2 Å². The first kappa shape index (κ1) is 36.0. The summed E-state index contributed by atoms with van der Waals surface area (Å²) in [6.45, 7) is 18.9. The van der Waals surface area contributed by atoms with Crippen molar-refractivity contribution in [3.8, 4) is 0 Å². The summed E-state index contributed by atoms with van der Waals surface area (Å²) in [4.78, 5) is 60.1. The van der Waals surface area contributed by atoms with Gasteiger partial charge in [0.1, 0.15) is 0 Å². The van der Waals surface area contributed by atoms with Crippen LogP contribution in [0.4, 0.5) is 0 Å². The summed E-state index contributed by atoms with van der Waals surface area (Å²) in [5.74, 6) is -2.79. The van der Waals surface area contributed by atoms with E-state index in [-0.39, 0.29) is 18.3 Å². The average Bonchev–Trinajstić information content (AvgIpc) is 2.79. The van der Waals surface area contributed by atoms with Crippen molar-refractivity contribution in [3.05, 3.63) is 0 Å². The molecular weight excluding hydrogens is 540 g/mol. The van der Waals surface area contributed by atoms with Gasteiger partial charge in [0.15, 0.2) is 0 Å². The Morgan fingerprint density at radius 2 is 0.976 bits per heavy atom. The number of piperidine rings is 2. The number of carboxylic acid groups (broad SMARTS) is 2. The number of rotatable bonds is 13. The number of aliphatic carboxylic acids is 2. The summed E-state index contributed by atoms with van der Waals surface area (Å²) < 4.78 is 0. The molecule has 42 heavy (non-hydrogen) atoms. The van der Waals surface area contributed by atoms with Crippen LogP contribution in [0.25, 0.3) is 0 Å². The molecule has 0 aromatic rings. The van der Waals surface area contributed by atoms with E-state index >= 15 is 0 Å². The molecule has 2 N–H and O–H groups in total. The van der Waals surface area contributed by atoms with E-state index < -0.39 is 51.4 Å². The van der Waals surface area contributed by atoms with Crippen LogP contribution in [-0.2, 0) is 28.9 Å². The van der Waals surface area contributed by atoms with Crippen molar-refractivity contribution in [2.45, 2.75) is 162 Å². The predicted molar refractivity (Wildman–Crippen MR) is 159 cm³/mol. The molecule has 10 nitrogen and oxygen atoms in total. The van der Waals surface area contributed by atoms with Crippen LogP contribution in [0, 0.1) is 17.3 Å². The smallest absolute Gasteiger partial charge is 0.322 e. The van der Waals surface area contributed by atoms with Crippen LogP contribution < -0.4 is 0 Å². The van der Waals surface area contributed by atoms with E-state index in [4.69, 9.17) is 14.8 Å². The van der Waals surface area contributed by atoms with Gasteiger partial charge in [-0.05, 0) is 106 Å². The van der Waals surface area contributed by atoms with Crippen LogP contribution in [-0.4, -0.2) is 66.4 Å². The molecule has 242 valence electrons. The topological polar surface area (TPSA) is 134 Å². The van der Waals surface area contributed by atoms with Crippen LogP contribution in [0.2, 0.25) is 0 Å². The monoisotopic (exact) mass is 596 g/mol. The molecule has 0 amide bonds. The summed E-state index contributed by atoms with van der Waals surface area (Å²) >= 11 is 0. The fraction of sp³-hybridized carbons (Fsp3) is 0.875. The van der Waals surface area contributed by atoms with E-state index in [1.54, 1.807) is 10.1 Å². The van der Waals surface area contributed by atoms with Gasteiger partial charge in [0.2, 0.25) is 0 Å². The minimum atomic E-state index is -1.06. The number of unbranched alkanes of at least 4 members (excludes halogenated alkanes) is 4. The van der Waals surface area contributed by atoms with Gasteiger partial charge in [-0.2, -0.15) is 0 Å². The lowest BCUT2D eigenvalue weighted by Gasteiger charge is -2.60. The number of carboxylic acids is 2. The molecule has 0 spiro atoms. The minimum Gasteiger partial charge on any atom is -0.481 e. The Kier molecular flexibility index (Phi) is 11.3. The number of hydroxylamine groups is 4. The normalized spacial score (nSPS) is 22.8. The van der Waals surface area contributed by atoms with Crippen LogP contribution in [0.1, 0.15) is 140 Å². The molecule has 0 aliphatic carbocycles. The molecule has 2 saturated heterocycles. The SMILES string of the molecule is CC(=O)ON1C(C)(C)CC(C(CCCCCCCC(=O)O)(C(=O)O)C2CC(C)(C)N(OC(C)=O)C(C)(C)C2)CC1(C)C. The molecule has 0 aromatic heterocycles. The average molecular weight is 597 g/mol. The third-order valence-electron chi connectivity index (χ3n) is 9.46. The first-order valence-corrected chi connectivity index (χ1v) is 15.5. The fourth-order valence-electron chi connectivity index (χ4n) is 8.43. The van der Waals surface area contributed by atoms with E-state index in [9.17, 15) is 24.3 Å². The fourth-order valence-corrected chi connectivity index (χ4v) is 8.43. The number of hydrogen-bond donors (Lipinski definition) is 2. The van der Waals surface area contributed by atoms with E-state index in [0.29, 0.717) is 38.5 Å². The second-order valence-corrected chi connectivity index (χ2v) is 15.2. The zero-order chi connectivity index (χ0) is 32.3. The molecule has 0 aromatic carbocycles. The lowest BCUT2D eigenvalue weighted by Crippen LogP contribution is -2.67. The van der Waals surface area contributed by atoms with Crippen molar-refractivity contribution in [2.24, 2.45) is 17.3 Å². The van der Waals surface area contributed by atoms with Gasteiger partial charge in [0.25, 0.3) is 0 Å². The van der Waals surface area contributed by atoms with Crippen molar-refractivity contribution in [1.29, 1.82) is 0 Å². The maximum atomic E-state index is 13.8. The Morgan fingerprint density at radius 1 is 0.643 bits per heavy atom. The van der Waals surface area contributed by atoms with Gasteiger partial charge in [-0.15, -0.1) is 10.1 Å². The first-order chi connectivity index (χ1) is 19.1. The van der Waals surface area contributed by atoms with E-state index in [1.165, 1.54) is 13.8 Å². The van der Waals surface area contributed by atoms with Crippen molar-refractivity contribution >= 4 is 23.9 Å². The molecule has 0 atom stereocenters. The van der Waals surface area contributed by atoms with Gasteiger partial charge in [0.05, 0.1) is 27.6 Å². The maximum absolute atomic E-state index is 13.8. The Labute approximate surface area is 252 Å². The van der Waals surface area contributed by atoms with Crippen molar-refractivity contribution in [2.75, 3.05) is 0 Å². The first-order valence-electron chi connectivity index (χ1n) is 15.5. The van der Waals surface area contributed by atoms with Gasteiger partial charge < -0.3 is 19.9 Å². The quantitative estimate of drug-likeness (QED) is 0.231. The van der Waals surface area contributed by atoms with E-state index in [1.807, 2.05) is 55.4 Å². The van der Waals surface area contributed by atoms with E-state index in [0.717, 1.165) is 25.7 Å². The molecule has 2 rings (SSSR count). The van der Waals surface area contributed by atoms with Crippen molar-refractivity contribution in [1.82, 2.24) is 10.1 Å². The molecule has 10 heteroatoms. The lowest BCUT2D eigenvalue weighted by atomic mass is 9.52. The highest BCUT2D eigenvalue weighted by atomic mass is 16.7. The standard InChI is InChI=1S/C32H56N2O8/c1-22(35)41-33-28(3,4)18-24(19-29(33,5)6)32(27(39)40,17-15-13-11-12-14-16-26(37)38)25-20-30(7,8)34(42-23(2)36)31(9,10)21-25/h24-25H,11-21H2,1-10H3,(H,37,38)(H,39,40). The molecule has 2 aliphatic rings. The van der Waals surface area contributed by atoms with Gasteiger partial charge in [-0.1, -0.05) is 25.7 Å². The second-order valence-electron chi connectivity index (χ2n) is 15.2. The third-order valence-corrected chi connectivity index (χ3v) is 9.46. The molecule has 0 unspecified atom stereocenters. The second kappa shape index (κ2) is 13.2. The molecule has 0 radical (unpaired) electrons. The molecule has 2 aliphatic heterocycles. The number of carbonyl (C=O) groups is 4. The Balaban J connectivity index is 2.52. The summed E-state index contributed by atoms with van der Waals surface area (Å²) in [5.41, 5.74) is -3.45. The van der Waals surface area contributed by atoms with Gasteiger partial charge in [-0.25, -0.2) is 0 Å². The highest BCUT2D eigenvalue weighted by Crippen LogP contribution is 2.58. The summed E-state index contributed by atoms with van der Waals surface area (Å²) in [6.07, 6.45) is 6.63. The molecule has 0 bridgehead atoms. The summed E-state index contributed by atoms with van der Waals surface area (Å²) in [7, 11) is 0. The van der Waals surface area contributed by atoms with Crippen LogP contribution >= 0.6 is 0 Å². The van der Waals surface area contributed by atoms with Crippen molar-refractivity contribution in [3.63, 3.8) is 0 Å². The van der Waals surface area contributed by atoms with Gasteiger partial charge in [0, 0.05) is 20.3 Å². The largest absolute Gasteiger partial charge is 0.481 e. The van der Waals surface area contributed by atoms with E-state index in [2.05, 4.69) is 0 Å². The Bertz CT molecular complexity index is 910. The Hall–Kier alpha value is -2.20. The summed E-state index contributed by atoms with van der Waals surface area (Å²) in [6, 6.07) is 0. The highest BCUT2D eigenvalue weighted by molar-refractivity contribution is 5.76. The minimum absolute atomic E-state index is 0.148. The lowest BCUT2D eigenvalue weighted by molar-refractivity contribution is -0.289. The predicted octanol–water partition coefficient (Wildman–Crippen LogP) is 6.37. The molecule has 2 heterocycles. The molecule has 0 saturated carbocycles. The third kappa shape index (κ3) is 8.24. The number of nitrogens with zero attached hydrogens (tertiary/aromatic N) is 2. The van der Waals surface area contributed by atoms with Crippen molar-refractivity contribution < 1.29 is 39.1 Å². The van der Waals surface area contributed by atoms with Crippen LogP contribution in [0.15, 0.2) is 0 Å². The summed E-state index contributed by atoms with van der Waals surface area (Å²) in [5, 5.41) is 23.7. The molecule has 2 fully saturated rings. The Morgan fingerprint density at radius 3 is 1.29 bits per heavy atom. The maximum Gasteiger partial charge on any atom is 0.322 e. The number of carbonyl (C=O) groups excluding carboxylic acids is 2. The zero-order valence-electron chi connectivity index (χ0n) is 27.7. The van der Waals surface area contributed by atoms with Crippen LogP contribution in [0.3, 0.4) is 0 Å². The van der Waals surface area contributed by atoms with Gasteiger partial charge >= 0.3 is 23.9 Å². The zero-order valence-corrected chi connectivity index (χ0v) is 27.7.